The van der Waals surface area contributed by atoms with Crippen LogP contribution in [0.5, 0.6) is 5.75 Å². The predicted molar refractivity (Wildman–Crippen MR) is 52.2 cm³/mol. The summed E-state index contributed by atoms with van der Waals surface area (Å²) in [6.45, 7) is 3.63. The Kier molecular flexibility index (Phi) is 3.27. The fourth-order valence-electron chi connectivity index (χ4n) is 1.39. The quantitative estimate of drug-likeness (QED) is 0.739. The van der Waals surface area contributed by atoms with Crippen LogP contribution in [0.1, 0.15) is 16.7 Å². The Balaban J connectivity index is 3.11. The number of methoxy groups -OCH3 is 1. The summed E-state index contributed by atoms with van der Waals surface area (Å²) in [5.74, 6) is 0.301. The van der Waals surface area contributed by atoms with Crippen LogP contribution < -0.4 is 4.74 Å². The lowest BCUT2D eigenvalue weighted by molar-refractivity contribution is -0.127. The van der Waals surface area contributed by atoms with Crippen molar-refractivity contribution in [3.05, 3.63) is 28.8 Å². The van der Waals surface area contributed by atoms with Gasteiger partial charge in [0.25, 0.3) is 0 Å². The van der Waals surface area contributed by atoms with E-state index in [9.17, 15) is 13.2 Å². The summed E-state index contributed by atoms with van der Waals surface area (Å²) in [5.41, 5.74) is 1.96. The van der Waals surface area contributed by atoms with Crippen LogP contribution in [0.3, 0.4) is 0 Å². The minimum absolute atomic E-state index is 0.188. The zero-order chi connectivity index (χ0) is 11.6. The second-order valence-electron chi connectivity index (χ2n) is 3.54. The molecule has 0 unspecified atom stereocenters. The Morgan fingerprint density at radius 1 is 1.13 bits per heavy atom. The number of ether oxygens (including phenoxy) is 1. The number of alkyl halides is 3. The molecular weight excluding hydrogens is 205 g/mol. The minimum atomic E-state index is -4.20. The van der Waals surface area contributed by atoms with E-state index in [2.05, 4.69) is 0 Å². The number of halogens is 3. The van der Waals surface area contributed by atoms with Gasteiger partial charge in [-0.05, 0) is 31.0 Å². The number of rotatable bonds is 2. The first kappa shape index (κ1) is 11.9. The van der Waals surface area contributed by atoms with Crippen molar-refractivity contribution in [2.45, 2.75) is 26.4 Å². The van der Waals surface area contributed by atoms with E-state index in [1.807, 2.05) is 6.92 Å². The van der Waals surface area contributed by atoms with Crippen LogP contribution in [-0.2, 0) is 6.42 Å². The Labute approximate surface area is 86.9 Å². The van der Waals surface area contributed by atoms with Crippen LogP contribution in [0.25, 0.3) is 0 Å². The predicted octanol–water partition coefficient (Wildman–Crippen LogP) is 3.42. The smallest absolute Gasteiger partial charge is 0.393 e. The molecule has 4 heteroatoms. The molecule has 1 aromatic carbocycles. The molecule has 0 aromatic heterocycles. The molecule has 0 saturated heterocycles. The topological polar surface area (TPSA) is 9.23 Å². The van der Waals surface area contributed by atoms with E-state index in [0.717, 1.165) is 11.1 Å². The van der Waals surface area contributed by atoms with Crippen LogP contribution >= 0.6 is 0 Å². The monoisotopic (exact) mass is 218 g/mol. The second kappa shape index (κ2) is 4.13. The van der Waals surface area contributed by atoms with Gasteiger partial charge in [-0.2, -0.15) is 13.2 Å². The van der Waals surface area contributed by atoms with Crippen molar-refractivity contribution in [2.24, 2.45) is 0 Å². The lowest BCUT2D eigenvalue weighted by Gasteiger charge is -2.13. The zero-order valence-electron chi connectivity index (χ0n) is 8.90. The maximum absolute atomic E-state index is 12.2. The molecule has 0 radical (unpaired) electrons. The first-order chi connectivity index (χ1) is 6.83. The molecule has 0 aliphatic rings. The van der Waals surface area contributed by atoms with Crippen molar-refractivity contribution in [2.75, 3.05) is 7.11 Å². The minimum Gasteiger partial charge on any atom is -0.496 e. The standard InChI is InChI=1S/C11H13F3O/c1-7-4-9(6-11(12,13)14)10(15-3)5-8(7)2/h4-5H,6H2,1-3H3. The third kappa shape index (κ3) is 3.15. The van der Waals surface area contributed by atoms with Gasteiger partial charge in [-0.3, -0.25) is 0 Å². The van der Waals surface area contributed by atoms with Gasteiger partial charge in [0.05, 0.1) is 13.5 Å². The molecule has 15 heavy (non-hydrogen) atoms. The van der Waals surface area contributed by atoms with Crippen molar-refractivity contribution < 1.29 is 17.9 Å². The summed E-state index contributed by atoms with van der Waals surface area (Å²) in [6, 6.07) is 3.16. The average Bonchev–Trinajstić information content (AvgIpc) is 2.08. The molecular formula is C11H13F3O. The molecule has 0 bridgehead atoms. The Morgan fingerprint density at radius 2 is 1.67 bits per heavy atom. The fourth-order valence-corrected chi connectivity index (χ4v) is 1.39. The van der Waals surface area contributed by atoms with E-state index in [4.69, 9.17) is 4.74 Å². The number of hydrogen-bond acceptors (Lipinski definition) is 1. The van der Waals surface area contributed by atoms with Crippen molar-refractivity contribution in [3.63, 3.8) is 0 Å². The number of hydrogen-bond donors (Lipinski definition) is 0. The SMILES string of the molecule is COc1cc(C)c(C)cc1CC(F)(F)F. The van der Waals surface area contributed by atoms with Gasteiger partial charge >= 0.3 is 6.18 Å². The van der Waals surface area contributed by atoms with Crippen LogP contribution in [0, 0.1) is 13.8 Å². The fraction of sp³-hybridized carbons (Fsp3) is 0.455. The molecule has 0 atom stereocenters. The van der Waals surface area contributed by atoms with Crippen molar-refractivity contribution in [1.82, 2.24) is 0 Å². The maximum Gasteiger partial charge on any atom is 0.393 e. The highest BCUT2D eigenvalue weighted by Crippen LogP contribution is 2.29. The highest BCUT2D eigenvalue weighted by atomic mass is 19.4. The Morgan fingerprint density at radius 3 is 2.13 bits per heavy atom. The molecule has 0 saturated carbocycles. The second-order valence-corrected chi connectivity index (χ2v) is 3.54. The summed E-state index contributed by atoms with van der Waals surface area (Å²) >= 11 is 0. The van der Waals surface area contributed by atoms with Gasteiger partial charge in [0.1, 0.15) is 5.75 Å². The van der Waals surface area contributed by atoms with Crippen molar-refractivity contribution in [3.8, 4) is 5.75 Å². The van der Waals surface area contributed by atoms with Gasteiger partial charge in [0.15, 0.2) is 0 Å². The van der Waals surface area contributed by atoms with Gasteiger partial charge in [0, 0.05) is 5.56 Å². The van der Waals surface area contributed by atoms with Crippen LogP contribution in [0.15, 0.2) is 12.1 Å². The largest absolute Gasteiger partial charge is 0.496 e. The summed E-state index contributed by atoms with van der Waals surface area (Å²) in [7, 11) is 1.38. The maximum atomic E-state index is 12.2. The highest BCUT2D eigenvalue weighted by molar-refractivity contribution is 5.42. The van der Waals surface area contributed by atoms with Crippen molar-refractivity contribution >= 4 is 0 Å². The summed E-state index contributed by atoms with van der Waals surface area (Å²) in [4.78, 5) is 0. The molecule has 0 N–H and O–H groups in total. The number of benzene rings is 1. The lowest BCUT2D eigenvalue weighted by Crippen LogP contribution is -2.12. The summed E-state index contributed by atoms with van der Waals surface area (Å²) in [6.07, 6.45) is -5.15. The van der Waals surface area contributed by atoms with E-state index >= 15 is 0 Å². The van der Waals surface area contributed by atoms with E-state index in [0.29, 0.717) is 5.75 Å². The summed E-state index contributed by atoms with van der Waals surface area (Å²) in [5, 5.41) is 0. The van der Waals surface area contributed by atoms with Gasteiger partial charge in [-0.1, -0.05) is 6.07 Å². The normalized spacial score (nSPS) is 11.6. The summed E-state index contributed by atoms with van der Waals surface area (Å²) < 4.78 is 41.6. The van der Waals surface area contributed by atoms with Gasteiger partial charge in [-0.15, -0.1) is 0 Å². The first-order valence-corrected chi connectivity index (χ1v) is 4.54. The molecule has 84 valence electrons. The van der Waals surface area contributed by atoms with Gasteiger partial charge in [0.2, 0.25) is 0 Å². The van der Waals surface area contributed by atoms with E-state index in [1.54, 1.807) is 13.0 Å². The van der Waals surface area contributed by atoms with Gasteiger partial charge < -0.3 is 4.74 Å². The van der Waals surface area contributed by atoms with Gasteiger partial charge in [-0.25, -0.2) is 0 Å². The molecule has 0 aliphatic heterocycles. The Hall–Kier alpha value is -1.19. The van der Waals surface area contributed by atoms with Crippen LogP contribution in [0.2, 0.25) is 0 Å². The van der Waals surface area contributed by atoms with E-state index < -0.39 is 12.6 Å². The van der Waals surface area contributed by atoms with E-state index in [1.165, 1.54) is 13.2 Å². The molecule has 0 heterocycles. The average molecular weight is 218 g/mol. The third-order valence-electron chi connectivity index (χ3n) is 2.29. The van der Waals surface area contributed by atoms with Crippen LogP contribution in [-0.4, -0.2) is 13.3 Å². The zero-order valence-corrected chi connectivity index (χ0v) is 8.90. The molecule has 0 fully saturated rings. The lowest BCUT2D eigenvalue weighted by atomic mass is 10.0. The molecule has 1 aromatic rings. The van der Waals surface area contributed by atoms with E-state index in [-0.39, 0.29) is 5.56 Å². The van der Waals surface area contributed by atoms with Crippen molar-refractivity contribution in [1.29, 1.82) is 0 Å². The molecule has 1 rings (SSSR count). The Bertz CT molecular complexity index is 356. The number of aryl methyl sites for hydroxylation is 2. The molecule has 0 amide bonds. The molecule has 1 nitrogen and oxygen atoms in total. The highest BCUT2D eigenvalue weighted by Gasteiger charge is 2.29. The molecule has 0 aliphatic carbocycles. The van der Waals surface area contributed by atoms with Crippen LogP contribution in [0.4, 0.5) is 13.2 Å². The molecule has 0 spiro atoms. The third-order valence-corrected chi connectivity index (χ3v) is 2.29. The first-order valence-electron chi connectivity index (χ1n) is 4.54.